The zero-order valence-corrected chi connectivity index (χ0v) is 51.5. The van der Waals surface area contributed by atoms with Crippen LogP contribution in [0.2, 0.25) is 0 Å². The second-order valence-corrected chi connectivity index (χ2v) is 27.6. The summed E-state index contributed by atoms with van der Waals surface area (Å²) in [5, 5.41) is 4.92. The van der Waals surface area contributed by atoms with Crippen LogP contribution in [-0.2, 0) is 21.7 Å². The van der Waals surface area contributed by atoms with Crippen molar-refractivity contribution in [2.75, 3.05) is 0 Å². The summed E-state index contributed by atoms with van der Waals surface area (Å²) in [6, 6.07) is 77.4. The van der Waals surface area contributed by atoms with Gasteiger partial charge in [0.05, 0.1) is 67.8 Å². The smallest absolute Gasteiger partial charge is 0.114 e. The number of hydrogen-bond donors (Lipinski definition) is 0. The van der Waals surface area contributed by atoms with E-state index in [2.05, 4.69) is 298 Å². The molecule has 4 aromatic heterocycles. The zero-order valence-electron chi connectivity index (χ0n) is 51.5. The number of nitrogens with zero attached hydrogens (tertiary/aromatic N) is 6. The predicted molar refractivity (Wildman–Crippen MR) is 363 cm³/mol. The monoisotopic (exact) mass is 1120 g/mol. The van der Waals surface area contributed by atoms with Gasteiger partial charge in [-0.25, -0.2) is 15.0 Å². The number of aromatic nitrogens is 6. The maximum absolute atomic E-state index is 5.82. The van der Waals surface area contributed by atoms with E-state index in [1.807, 2.05) is 12.3 Å². The Morgan fingerprint density at radius 1 is 0.279 bits per heavy atom. The van der Waals surface area contributed by atoms with Crippen LogP contribution in [0.15, 0.2) is 219 Å². The predicted octanol–water partition coefficient (Wildman–Crippen LogP) is 21.3. The first-order valence-corrected chi connectivity index (χ1v) is 30.3. The number of fused-ring (bicyclic) bond motifs is 8. The van der Waals surface area contributed by atoms with Gasteiger partial charge in [-0.2, -0.15) is 0 Å². The standard InChI is InChI=1S/C80H72N6/c1-77(2,3)54-32-38-65-60(44-54)61-45-55(78(4,5)6)33-39-66(61)85(65)69-42-36-58(73-75(69)81-48-64(82-73)51-22-16-13-17-23-51)49-28-30-50(31-29-49)59-37-43-70(76-74(59)83-71(52-24-18-14-19-25-52)72(84-76)53-26-20-15-21-27-53)86-67-40-34-56(79(7,8)9)46-62(67)63-47-57(80(10,11)12)35-41-68(63)86/h13-48H,1-12H3. The fraction of sp³-hybridized carbons (Fsp3) is 0.200. The fourth-order valence-corrected chi connectivity index (χ4v) is 12.6. The summed E-state index contributed by atoms with van der Waals surface area (Å²) in [7, 11) is 0. The van der Waals surface area contributed by atoms with Gasteiger partial charge in [0.1, 0.15) is 11.0 Å². The van der Waals surface area contributed by atoms with Crippen molar-refractivity contribution in [3.8, 4) is 67.4 Å². The average molecular weight is 1120 g/mol. The van der Waals surface area contributed by atoms with Gasteiger partial charge in [-0.1, -0.05) is 223 Å². The Bertz CT molecular complexity index is 4840. The van der Waals surface area contributed by atoms with Gasteiger partial charge < -0.3 is 9.13 Å². The first kappa shape index (κ1) is 54.4. The number of hydrogen-bond acceptors (Lipinski definition) is 4. The molecule has 0 aliphatic rings. The molecule has 6 nitrogen and oxygen atoms in total. The Balaban J connectivity index is 0.982. The largest absolute Gasteiger partial charge is 0.307 e. The van der Waals surface area contributed by atoms with E-state index in [1.54, 1.807) is 0 Å². The van der Waals surface area contributed by atoms with E-state index in [0.29, 0.717) is 0 Å². The molecule has 0 atom stereocenters. The summed E-state index contributed by atoms with van der Waals surface area (Å²) in [5.41, 5.74) is 24.5. The Kier molecular flexibility index (Phi) is 12.7. The molecule has 0 radical (unpaired) electrons. The molecule has 0 aliphatic heterocycles. The molecule has 422 valence electrons. The first-order valence-electron chi connectivity index (χ1n) is 30.3. The number of benzene rings is 10. The van der Waals surface area contributed by atoms with Crippen LogP contribution in [0.25, 0.3) is 133 Å². The Labute approximate surface area is 504 Å². The lowest BCUT2D eigenvalue weighted by molar-refractivity contribution is 0.590. The molecule has 0 saturated heterocycles. The van der Waals surface area contributed by atoms with Crippen LogP contribution in [0.1, 0.15) is 105 Å². The first-order chi connectivity index (χ1) is 41.2. The highest BCUT2D eigenvalue weighted by atomic mass is 15.0. The molecule has 4 heterocycles. The van der Waals surface area contributed by atoms with Crippen molar-refractivity contribution in [2.24, 2.45) is 0 Å². The van der Waals surface area contributed by atoms with Crippen molar-refractivity contribution in [2.45, 2.75) is 105 Å². The minimum Gasteiger partial charge on any atom is -0.307 e. The summed E-state index contributed by atoms with van der Waals surface area (Å²) in [6.45, 7) is 27.5. The van der Waals surface area contributed by atoms with Crippen molar-refractivity contribution in [3.05, 3.63) is 241 Å². The molecule has 0 N–H and O–H groups in total. The third-order valence-corrected chi connectivity index (χ3v) is 17.6. The minimum atomic E-state index is -0.0332. The van der Waals surface area contributed by atoms with E-state index in [4.69, 9.17) is 19.9 Å². The summed E-state index contributed by atoms with van der Waals surface area (Å²) < 4.78 is 4.83. The maximum Gasteiger partial charge on any atom is 0.114 e. The van der Waals surface area contributed by atoms with Gasteiger partial charge in [-0.3, -0.25) is 4.98 Å². The SMILES string of the molecule is CC(C)(C)c1ccc2c(c1)c1cc(C(C)(C)C)ccc1n2-c1ccc(-c2ccc(-c3ccc(-n4c5ccc(C(C)(C)C)cc5c5cc(C(C)(C)C)ccc54)c4nc(-c5ccccc5)c(-c5ccccc5)nc34)cc2)c2nc(-c3ccccc3)cnc12. The van der Waals surface area contributed by atoms with Gasteiger partial charge in [0.2, 0.25) is 0 Å². The zero-order chi connectivity index (χ0) is 59.6. The van der Waals surface area contributed by atoms with Crippen LogP contribution >= 0.6 is 0 Å². The molecule has 0 bridgehead atoms. The average Bonchev–Trinajstić information content (AvgIpc) is 1.51. The molecule has 14 aromatic rings. The summed E-state index contributed by atoms with van der Waals surface area (Å²) >= 11 is 0. The minimum absolute atomic E-state index is 0.0180. The van der Waals surface area contributed by atoms with Crippen LogP contribution in [0.5, 0.6) is 0 Å². The van der Waals surface area contributed by atoms with E-state index in [-0.39, 0.29) is 21.7 Å². The molecular weight excluding hydrogens is 1040 g/mol. The molecule has 0 fully saturated rings. The Hall–Kier alpha value is -9.52. The molecule has 0 spiro atoms. The maximum atomic E-state index is 5.82. The van der Waals surface area contributed by atoms with Crippen LogP contribution in [0, 0.1) is 0 Å². The molecule has 10 aromatic carbocycles. The van der Waals surface area contributed by atoms with Gasteiger partial charge in [0.15, 0.2) is 0 Å². The van der Waals surface area contributed by atoms with Crippen molar-refractivity contribution in [3.63, 3.8) is 0 Å². The molecule has 86 heavy (non-hydrogen) atoms. The highest BCUT2D eigenvalue weighted by Gasteiger charge is 2.27. The van der Waals surface area contributed by atoms with Crippen LogP contribution in [0.4, 0.5) is 0 Å². The Morgan fingerprint density at radius 2 is 0.605 bits per heavy atom. The number of rotatable bonds is 7. The molecule has 14 rings (SSSR count). The molecule has 6 heteroatoms. The van der Waals surface area contributed by atoms with E-state index in [9.17, 15) is 0 Å². The van der Waals surface area contributed by atoms with E-state index < -0.39 is 0 Å². The molecule has 0 aliphatic carbocycles. The summed E-state index contributed by atoms with van der Waals surface area (Å²) in [5.74, 6) is 0. The quantitative estimate of drug-likeness (QED) is 0.160. The third-order valence-electron chi connectivity index (χ3n) is 17.6. The third kappa shape index (κ3) is 9.34. The van der Waals surface area contributed by atoms with Gasteiger partial charge in [0, 0.05) is 49.4 Å². The van der Waals surface area contributed by atoms with Crippen molar-refractivity contribution in [1.82, 2.24) is 29.1 Å². The topological polar surface area (TPSA) is 61.4 Å². The molecule has 0 saturated carbocycles. The van der Waals surface area contributed by atoms with Crippen molar-refractivity contribution < 1.29 is 0 Å². The second-order valence-electron chi connectivity index (χ2n) is 27.6. The van der Waals surface area contributed by atoms with Gasteiger partial charge in [-0.05, 0) is 128 Å². The van der Waals surface area contributed by atoms with E-state index in [0.717, 1.165) is 112 Å². The fourth-order valence-electron chi connectivity index (χ4n) is 12.6. The van der Waals surface area contributed by atoms with Gasteiger partial charge >= 0.3 is 0 Å². The van der Waals surface area contributed by atoms with Crippen LogP contribution in [-0.4, -0.2) is 29.1 Å². The molecule has 0 amide bonds. The van der Waals surface area contributed by atoms with Gasteiger partial charge in [0.25, 0.3) is 0 Å². The van der Waals surface area contributed by atoms with Crippen molar-refractivity contribution in [1.29, 1.82) is 0 Å². The lowest BCUT2D eigenvalue weighted by Crippen LogP contribution is -2.10. The Morgan fingerprint density at radius 3 is 0.965 bits per heavy atom. The highest BCUT2D eigenvalue weighted by Crippen LogP contribution is 2.45. The van der Waals surface area contributed by atoms with E-state index in [1.165, 1.54) is 43.8 Å². The molecule has 0 unspecified atom stereocenters. The van der Waals surface area contributed by atoms with Gasteiger partial charge in [-0.15, -0.1) is 0 Å². The molecular formula is C80H72N6. The summed E-state index contributed by atoms with van der Waals surface area (Å²) in [4.78, 5) is 22.6. The van der Waals surface area contributed by atoms with Crippen LogP contribution < -0.4 is 0 Å². The highest BCUT2D eigenvalue weighted by molar-refractivity contribution is 6.13. The summed E-state index contributed by atoms with van der Waals surface area (Å²) in [6.07, 6.45) is 1.94. The lowest BCUT2D eigenvalue weighted by atomic mass is 9.85. The lowest BCUT2D eigenvalue weighted by Gasteiger charge is -2.20. The van der Waals surface area contributed by atoms with Crippen molar-refractivity contribution >= 4 is 65.7 Å². The normalized spacial score (nSPS) is 12.7. The van der Waals surface area contributed by atoms with Crippen LogP contribution in [0.3, 0.4) is 0 Å². The second kappa shape index (κ2) is 20.1. The van der Waals surface area contributed by atoms with E-state index >= 15 is 0 Å².